The van der Waals surface area contributed by atoms with E-state index in [4.69, 9.17) is 0 Å². The number of hydrogen-bond donors (Lipinski definition) is 1. The highest BCUT2D eigenvalue weighted by atomic mass is 16.2. The predicted octanol–water partition coefficient (Wildman–Crippen LogP) is 1.61. The van der Waals surface area contributed by atoms with Gasteiger partial charge in [0.05, 0.1) is 0 Å². The number of nitrogens with one attached hydrogen (secondary N) is 1. The van der Waals surface area contributed by atoms with Crippen molar-refractivity contribution in [2.45, 2.75) is 39.2 Å². The lowest BCUT2D eigenvalue weighted by atomic mass is 10.0. The first-order chi connectivity index (χ1) is 11.6. The molecule has 0 bridgehead atoms. The largest absolute Gasteiger partial charge is 0.335 e. The van der Waals surface area contributed by atoms with Crippen LogP contribution in [0.2, 0.25) is 0 Å². The Kier molecular flexibility index (Phi) is 4.94. The van der Waals surface area contributed by atoms with Crippen LogP contribution in [0, 0.1) is 6.92 Å². The summed E-state index contributed by atoms with van der Waals surface area (Å²) < 4.78 is 1.45. The fourth-order valence-corrected chi connectivity index (χ4v) is 3.29. The van der Waals surface area contributed by atoms with Crippen LogP contribution in [-0.4, -0.2) is 45.9 Å². The van der Waals surface area contributed by atoms with Gasteiger partial charge in [-0.1, -0.05) is 6.92 Å². The maximum Gasteiger partial charge on any atom is 0.270 e. The Bertz CT molecular complexity index is 793. The number of carbonyl (C=O) groups excluding carboxylic acids is 1. The molecule has 3 heterocycles. The smallest absolute Gasteiger partial charge is 0.270 e. The maximum atomic E-state index is 13.0. The van der Waals surface area contributed by atoms with Gasteiger partial charge in [-0.05, 0) is 57.0 Å². The van der Waals surface area contributed by atoms with Crippen LogP contribution < -0.4 is 10.9 Å². The van der Waals surface area contributed by atoms with E-state index in [1.54, 1.807) is 6.20 Å². The number of pyridine rings is 1. The van der Waals surface area contributed by atoms with Crippen molar-refractivity contribution in [2.75, 3.05) is 19.6 Å². The standard InChI is InChI=1S/C18H24N4O2/c1-3-9-21(14-4-7-19-8-5-14)17(23)15-12-20-16-11-13(2)6-10-22(16)18(15)24/h6,10-12,14,19H,3-5,7-9H2,1-2H3. The quantitative estimate of drug-likeness (QED) is 0.926. The van der Waals surface area contributed by atoms with E-state index in [-0.39, 0.29) is 23.1 Å². The van der Waals surface area contributed by atoms with Crippen molar-refractivity contribution in [1.82, 2.24) is 19.6 Å². The van der Waals surface area contributed by atoms with E-state index in [0.29, 0.717) is 12.2 Å². The Morgan fingerprint density at radius 2 is 2.17 bits per heavy atom. The van der Waals surface area contributed by atoms with E-state index in [9.17, 15) is 9.59 Å². The van der Waals surface area contributed by atoms with E-state index < -0.39 is 0 Å². The van der Waals surface area contributed by atoms with Crippen LogP contribution in [0.4, 0.5) is 0 Å². The summed E-state index contributed by atoms with van der Waals surface area (Å²) in [5, 5.41) is 3.32. The van der Waals surface area contributed by atoms with Gasteiger partial charge in [-0.3, -0.25) is 14.0 Å². The zero-order valence-corrected chi connectivity index (χ0v) is 14.3. The molecule has 0 saturated carbocycles. The number of carbonyl (C=O) groups is 1. The highest BCUT2D eigenvalue weighted by molar-refractivity contribution is 5.94. The van der Waals surface area contributed by atoms with E-state index >= 15 is 0 Å². The summed E-state index contributed by atoms with van der Waals surface area (Å²) in [7, 11) is 0. The van der Waals surface area contributed by atoms with Crippen molar-refractivity contribution in [3.8, 4) is 0 Å². The molecule has 1 aliphatic heterocycles. The second-order valence-corrected chi connectivity index (χ2v) is 6.39. The average Bonchev–Trinajstić information content (AvgIpc) is 2.60. The van der Waals surface area contributed by atoms with Gasteiger partial charge in [0.15, 0.2) is 0 Å². The number of aromatic nitrogens is 2. The average molecular weight is 328 g/mol. The molecule has 1 saturated heterocycles. The molecule has 3 rings (SSSR count). The minimum atomic E-state index is -0.292. The minimum Gasteiger partial charge on any atom is -0.335 e. The number of fused-ring (bicyclic) bond motifs is 1. The van der Waals surface area contributed by atoms with Crippen molar-refractivity contribution in [3.63, 3.8) is 0 Å². The Labute approximate surface area is 141 Å². The molecule has 0 unspecified atom stereocenters. The van der Waals surface area contributed by atoms with Gasteiger partial charge in [0.1, 0.15) is 11.2 Å². The highest BCUT2D eigenvalue weighted by Crippen LogP contribution is 2.15. The van der Waals surface area contributed by atoms with Gasteiger partial charge in [-0.2, -0.15) is 0 Å². The molecule has 128 valence electrons. The number of aryl methyl sites for hydroxylation is 1. The molecular weight excluding hydrogens is 304 g/mol. The summed E-state index contributed by atoms with van der Waals surface area (Å²) in [6, 6.07) is 3.88. The number of amides is 1. The zero-order valence-electron chi connectivity index (χ0n) is 14.3. The third-order valence-corrected chi connectivity index (χ3v) is 4.57. The summed E-state index contributed by atoms with van der Waals surface area (Å²) in [4.78, 5) is 31.9. The van der Waals surface area contributed by atoms with Gasteiger partial charge in [0, 0.05) is 25.0 Å². The molecule has 0 aromatic carbocycles. The van der Waals surface area contributed by atoms with E-state index in [1.165, 1.54) is 10.6 Å². The summed E-state index contributed by atoms with van der Waals surface area (Å²) in [5.41, 5.74) is 1.46. The number of piperidine rings is 1. The third-order valence-electron chi connectivity index (χ3n) is 4.57. The molecule has 0 radical (unpaired) electrons. The Hall–Kier alpha value is -2.21. The fraction of sp³-hybridized carbons (Fsp3) is 0.500. The predicted molar refractivity (Wildman–Crippen MR) is 93.4 cm³/mol. The van der Waals surface area contributed by atoms with Crippen LogP contribution >= 0.6 is 0 Å². The molecule has 0 aliphatic carbocycles. The lowest BCUT2D eigenvalue weighted by Crippen LogP contribution is -2.47. The van der Waals surface area contributed by atoms with Crippen LogP contribution in [0.25, 0.3) is 5.65 Å². The zero-order chi connectivity index (χ0) is 17.1. The van der Waals surface area contributed by atoms with Crippen LogP contribution in [0.1, 0.15) is 42.1 Å². The van der Waals surface area contributed by atoms with Crippen LogP contribution in [-0.2, 0) is 0 Å². The molecule has 1 aliphatic rings. The van der Waals surface area contributed by atoms with Crippen molar-refractivity contribution in [2.24, 2.45) is 0 Å². The van der Waals surface area contributed by atoms with Gasteiger partial charge < -0.3 is 10.2 Å². The summed E-state index contributed by atoms with van der Waals surface area (Å²) in [6.45, 7) is 6.49. The molecule has 6 heteroatoms. The molecule has 2 aromatic heterocycles. The molecule has 24 heavy (non-hydrogen) atoms. The normalized spacial score (nSPS) is 15.6. The first-order valence-electron chi connectivity index (χ1n) is 8.61. The van der Waals surface area contributed by atoms with Gasteiger partial charge >= 0.3 is 0 Å². The molecule has 0 spiro atoms. The number of hydrogen-bond acceptors (Lipinski definition) is 4. The summed E-state index contributed by atoms with van der Waals surface area (Å²) >= 11 is 0. The van der Waals surface area contributed by atoms with Crippen molar-refractivity contribution in [3.05, 3.63) is 46.0 Å². The molecular formula is C18H24N4O2. The SMILES string of the molecule is CCCN(C(=O)c1cnc2cc(C)ccn2c1=O)C1CCNCC1. The number of nitrogens with zero attached hydrogens (tertiary/aromatic N) is 3. The van der Waals surface area contributed by atoms with E-state index in [2.05, 4.69) is 17.2 Å². The van der Waals surface area contributed by atoms with Crippen molar-refractivity contribution < 1.29 is 4.79 Å². The Morgan fingerprint density at radius 3 is 2.88 bits per heavy atom. The Morgan fingerprint density at radius 1 is 1.42 bits per heavy atom. The topological polar surface area (TPSA) is 66.7 Å². The van der Waals surface area contributed by atoms with Crippen LogP contribution in [0.3, 0.4) is 0 Å². The van der Waals surface area contributed by atoms with Gasteiger partial charge in [-0.15, -0.1) is 0 Å². The Balaban J connectivity index is 1.97. The van der Waals surface area contributed by atoms with E-state index in [1.807, 2.05) is 24.0 Å². The van der Waals surface area contributed by atoms with Crippen molar-refractivity contribution in [1.29, 1.82) is 0 Å². The molecule has 1 amide bonds. The van der Waals surface area contributed by atoms with E-state index in [0.717, 1.165) is 37.9 Å². The van der Waals surface area contributed by atoms with Gasteiger partial charge in [-0.25, -0.2) is 4.98 Å². The third kappa shape index (κ3) is 3.19. The van der Waals surface area contributed by atoms with Crippen LogP contribution in [0.15, 0.2) is 29.3 Å². The first-order valence-corrected chi connectivity index (χ1v) is 8.61. The molecule has 0 atom stereocenters. The summed E-state index contributed by atoms with van der Waals surface area (Å²) in [6.07, 6.45) is 5.84. The lowest BCUT2D eigenvalue weighted by Gasteiger charge is -2.34. The highest BCUT2D eigenvalue weighted by Gasteiger charge is 2.27. The number of rotatable bonds is 4. The fourth-order valence-electron chi connectivity index (χ4n) is 3.29. The molecule has 1 fully saturated rings. The second kappa shape index (κ2) is 7.13. The maximum absolute atomic E-state index is 13.0. The second-order valence-electron chi connectivity index (χ2n) is 6.39. The molecule has 6 nitrogen and oxygen atoms in total. The summed E-state index contributed by atoms with van der Waals surface area (Å²) in [5.74, 6) is -0.198. The lowest BCUT2D eigenvalue weighted by molar-refractivity contribution is 0.0640. The van der Waals surface area contributed by atoms with Gasteiger partial charge in [0.2, 0.25) is 0 Å². The minimum absolute atomic E-state index is 0.156. The van der Waals surface area contributed by atoms with Crippen molar-refractivity contribution >= 4 is 11.6 Å². The first kappa shape index (κ1) is 16.6. The monoisotopic (exact) mass is 328 g/mol. The van der Waals surface area contributed by atoms with Gasteiger partial charge in [0.25, 0.3) is 11.5 Å². The van der Waals surface area contributed by atoms with Crippen LogP contribution in [0.5, 0.6) is 0 Å². The molecule has 1 N–H and O–H groups in total. The molecule has 2 aromatic rings.